The van der Waals surface area contributed by atoms with E-state index < -0.39 is 0 Å². The quantitative estimate of drug-likeness (QED) is 0.145. The Morgan fingerprint density at radius 1 is 0.700 bits per heavy atom. The van der Waals surface area contributed by atoms with E-state index in [1.165, 1.54) is 28.5 Å². The number of fused-ring (bicyclic) bond motifs is 8. The second-order valence-electron chi connectivity index (χ2n) is 10.4. The molecule has 2 aliphatic heterocycles. The summed E-state index contributed by atoms with van der Waals surface area (Å²) >= 11 is 0. The average Bonchev–Trinajstić information content (AvgIpc) is 3.59. The van der Waals surface area contributed by atoms with Gasteiger partial charge in [0, 0.05) is 5.56 Å². The number of hydrogen-bond acceptors (Lipinski definition) is 4. The van der Waals surface area contributed by atoms with Crippen LogP contribution in [0.3, 0.4) is 0 Å². The van der Waals surface area contributed by atoms with Gasteiger partial charge in [-0.05, 0) is 75.7 Å². The third-order valence-corrected chi connectivity index (χ3v) is 8.42. The van der Waals surface area contributed by atoms with Gasteiger partial charge in [0.1, 0.15) is 0 Å². The van der Waals surface area contributed by atoms with E-state index in [9.17, 15) is 5.21 Å². The molecule has 210 valence electrons. The molecule has 0 fully saturated rings. The Kier molecular flexibility index (Phi) is 8.56. The van der Waals surface area contributed by atoms with Crippen molar-refractivity contribution in [2.75, 3.05) is 0 Å². The Morgan fingerprint density at radius 3 is 1.85 bits per heavy atom. The van der Waals surface area contributed by atoms with Crippen LogP contribution < -0.4 is 9.97 Å². The van der Waals surface area contributed by atoms with Gasteiger partial charge in [-0.15, -0.1) is 22.1 Å². The Hall–Kier alpha value is -3.44. The van der Waals surface area contributed by atoms with Gasteiger partial charge in [0.25, 0.3) is 0 Å². The van der Waals surface area contributed by atoms with Crippen molar-refractivity contribution in [1.82, 2.24) is 19.9 Å². The van der Waals surface area contributed by atoms with Crippen molar-refractivity contribution in [3.63, 3.8) is 0 Å². The molecular formula is C33H37N5NiO. The summed E-state index contributed by atoms with van der Waals surface area (Å²) in [4.78, 5) is 20.4. The summed E-state index contributed by atoms with van der Waals surface area (Å²) in [5, 5.41) is 13.2. The van der Waals surface area contributed by atoms with Gasteiger partial charge in [0.05, 0.1) is 29.0 Å². The summed E-state index contributed by atoms with van der Waals surface area (Å²) < 4.78 is 0. The zero-order valence-corrected chi connectivity index (χ0v) is 25.6. The molecule has 8 bridgehead atoms. The molecule has 5 heterocycles. The molecule has 0 spiro atoms. The molecule has 5 rings (SSSR count). The van der Waals surface area contributed by atoms with E-state index in [0.717, 1.165) is 98.4 Å². The fourth-order valence-corrected chi connectivity index (χ4v) is 6.15. The Bertz CT molecular complexity index is 1750. The van der Waals surface area contributed by atoms with E-state index in [1.54, 1.807) is 0 Å². The smallest absolute Gasteiger partial charge is 0.657 e. The molecule has 0 unspecified atom stereocenters. The maximum atomic E-state index is 9.73. The number of allylic oxidation sites excluding steroid dienone is 4. The molecule has 40 heavy (non-hydrogen) atoms. The topological polar surface area (TPSA) is 86.6 Å². The Morgan fingerprint density at radius 2 is 1.25 bits per heavy atom. The van der Waals surface area contributed by atoms with Crippen LogP contribution in [-0.4, -0.2) is 21.4 Å². The summed E-state index contributed by atoms with van der Waals surface area (Å²) in [5.41, 5.74) is 17.3. The van der Waals surface area contributed by atoms with Crippen LogP contribution in [0.5, 0.6) is 0 Å². The third kappa shape index (κ3) is 4.64. The zero-order chi connectivity index (χ0) is 28.0. The van der Waals surface area contributed by atoms with Crippen LogP contribution in [0, 0.1) is 13.8 Å². The average molecular weight is 578 g/mol. The number of nitrogens with zero attached hydrogens (tertiary/aromatic N) is 5. The van der Waals surface area contributed by atoms with Gasteiger partial charge in [-0.25, -0.2) is 9.97 Å². The molecule has 0 radical (unpaired) electrons. The van der Waals surface area contributed by atoms with Crippen LogP contribution >= 0.6 is 0 Å². The molecular weight excluding hydrogens is 541 g/mol. The van der Waals surface area contributed by atoms with Crippen LogP contribution in [0.4, 0.5) is 0 Å². The number of rotatable bonds is 5. The molecule has 6 nitrogen and oxygen atoms in total. The maximum Gasteiger partial charge on any atom is 2.00 e. The molecule has 1 N–H and O–H groups in total. The molecule has 0 atom stereocenters. The van der Waals surface area contributed by atoms with Gasteiger partial charge in [-0.3, -0.25) is 0 Å². The van der Waals surface area contributed by atoms with Crippen LogP contribution in [0.15, 0.2) is 23.4 Å². The summed E-state index contributed by atoms with van der Waals surface area (Å²) in [6, 6.07) is 6.36. The number of oxime groups is 1. The zero-order valence-electron chi connectivity index (χ0n) is 24.6. The molecule has 7 heteroatoms. The predicted molar refractivity (Wildman–Crippen MR) is 162 cm³/mol. The minimum atomic E-state index is 0. The van der Waals surface area contributed by atoms with Crippen molar-refractivity contribution < 1.29 is 21.7 Å². The summed E-state index contributed by atoms with van der Waals surface area (Å²) in [7, 11) is 0. The largest absolute Gasteiger partial charge is 2.00 e. The van der Waals surface area contributed by atoms with E-state index in [1.807, 2.05) is 0 Å². The van der Waals surface area contributed by atoms with E-state index >= 15 is 0 Å². The first-order valence-corrected chi connectivity index (χ1v) is 14.0. The molecule has 3 aromatic heterocycles. The van der Waals surface area contributed by atoms with Crippen molar-refractivity contribution in [2.45, 2.75) is 81.1 Å². The van der Waals surface area contributed by atoms with E-state index in [2.05, 4.69) is 78.7 Å². The van der Waals surface area contributed by atoms with Crippen LogP contribution in [0.2, 0.25) is 0 Å². The van der Waals surface area contributed by atoms with Crippen molar-refractivity contribution in [3.8, 4) is 0 Å². The third-order valence-electron chi connectivity index (χ3n) is 8.42. The number of hydrogen-bond donors (Lipinski definition) is 1. The molecule has 0 aromatic carbocycles. The molecule has 0 aliphatic carbocycles. The minimum Gasteiger partial charge on any atom is -0.657 e. The molecule has 0 saturated heterocycles. The summed E-state index contributed by atoms with van der Waals surface area (Å²) in [6.45, 7) is 17.2. The van der Waals surface area contributed by atoms with E-state index in [0.29, 0.717) is 0 Å². The van der Waals surface area contributed by atoms with Crippen LogP contribution in [0.25, 0.3) is 44.4 Å². The first kappa shape index (κ1) is 29.5. The van der Waals surface area contributed by atoms with E-state index in [-0.39, 0.29) is 16.5 Å². The molecule has 0 saturated carbocycles. The van der Waals surface area contributed by atoms with Gasteiger partial charge in [-0.2, -0.15) is 0 Å². The maximum absolute atomic E-state index is 9.73. The molecule has 0 amide bonds. The fraction of sp³-hybridized carbons (Fsp3) is 0.364. The summed E-state index contributed by atoms with van der Waals surface area (Å²) in [5.74, 6) is 0. The SMILES string of the molecule is CCC1=C(C)c2cc3[n-]c(c(/C=N/O)c4nc(cc5[n-]c(cc1n2)c(CC)c5C)C(C)=C4CC)c(CC)c3C.[Ni+2]. The second-order valence-corrected chi connectivity index (χ2v) is 10.4. The number of aromatic nitrogens is 4. The first-order chi connectivity index (χ1) is 18.8. The van der Waals surface area contributed by atoms with Gasteiger partial charge in [-0.1, -0.05) is 73.3 Å². The van der Waals surface area contributed by atoms with Crippen molar-refractivity contribution in [3.05, 3.63) is 68.8 Å². The minimum absolute atomic E-state index is 0. The monoisotopic (exact) mass is 577 g/mol. The van der Waals surface area contributed by atoms with Crippen LogP contribution in [0.1, 0.15) is 105 Å². The van der Waals surface area contributed by atoms with Gasteiger partial charge in [0.15, 0.2) is 0 Å². The van der Waals surface area contributed by atoms with Crippen molar-refractivity contribution >= 4 is 50.6 Å². The first-order valence-electron chi connectivity index (χ1n) is 14.0. The second kappa shape index (κ2) is 11.6. The predicted octanol–water partition coefficient (Wildman–Crippen LogP) is 7.80. The van der Waals surface area contributed by atoms with Gasteiger partial charge in [0.2, 0.25) is 0 Å². The Balaban J connectivity index is 0.00000370. The fourth-order valence-electron chi connectivity index (χ4n) is 6.15. The molecule has 3 aromatic rings. The number of aryl methyl sites for hydroxylation is 4. The Labute approximate surface area is 246 Å². The standard InChI is InChI=1S/C33H37N5O.Ni/c1-9-21-17(5)26-13-28-19(7)23(11-3)32(37-28)25(16-34-39)33-24(12-4)20(8)29(38-33)14-27-18(6)22(10-2)31(36-27)15-30(21)35-26;/h13-16,39H,9-12H2,1-8H3;/q-2;+2/b26-13?,27-14?,28-13?,29-14?,30-15?,31-15?,32-25?,33-25?,34-16+;. The summed E-state index contributed by atoms with van der Waals surface area (Å²) in [6.07, 6.45) is 4.88. The van der Waals surface area contributed by atoms with Crippen LogP contribution in [-0.2, 0) is 29.3 Å². The van der Waals surface area contributed by atoms with Gasteiger partial charge < -0.3 is 15.2 Å². The normalized spacial score (nSPS) is 13.5. The van der Waals surface area contributed by atoms with Gasteiger partial charge >= 0.3 is 16.5 Å². The van der Waals surface area contributed by atoms with Crippen molar-refractivity contribution in [2.24, 2.45) is 5.16 Å². The van der Waals surface area contributed by atoms with E-state index in [4.69, 9.17) is 19.9 Å². The van der Waals surface area contributed by atoms with Crippen molar-refractivity contribution in [1.29, 1.82) is 0 Å². The molecule has 2 aliphatic rings.